The second-order valence-electron chi connectivity index (χ2n) is 5.07. The lowest BCUT2D eigenvalue weighted by Gasteiger charge is -2.16. The van der Waals surface area contributed by atoms with Crippen LogP contribution >= 0.6 is 11.6 Å². The van der Waals surface area contributed by atoms with Crippen molar-refractivity contribution in [3.8, 4) is 11.5 Å². The van der Waals surface area contributed by atoms with Gasteiger partial charge in [0.2, 0.25) is 0 Å². The summed E-state index contributed by atoms with van der Waals surface area (Å²) in [6.45, 7) is 4.35. The van der Waals surface area contributed by atoms with Gasteiger partial charge < -0.3 is 15.2 Å². The van der Waals surface area contributed by atoms with E-state index in [0.717, 1.165) is 28.2 Å². The molecule has 112 valence electrons. The van der Waals surface area contributed by atoms with E-state index < -0.39 is 0 Å². The van der Waals surface area contributed by atoms with Gasteiger partial charge in [0.15, 0.2) is 0 Å². The van der Waals surface area contributed by atoms with E-state index in [-0.39, 0.29) is 6.04 Å². The van der Waals surface area contributed by atoms with Crippen LogP contribution in [0.4, 0.5) is 0 Å². The Morgan fingerprint density at radius 2 is 1.90 bits per heavy atom. The van der Waals surface area contributed by atoms with Crippen LogP contribution in [0.2, 0.25) is 5.02 Å². The van der Waals surface area contributed by atoms with Crippen molar-refractivity contribution in [1.82, 2.24) is 0 Å². The average molecular weight is 306 g/mol. The van der Waals surface area contributed by atoms with Crippen molar-refractivity contribution in [3.05, 3.63) is 58.1 Å². The highest BCUT2D eigenvalue weighted by Crippen LogP contribution is 2.28. The number of methoxy groups -OCH3 is 1. The molecule has 0 bridgehead atoms. The molecule has 1 atom stereocenters. The number of ether oxygens (including phenoxy) is 2. The SMILES string of the molecule is COc1ccc(Cl)cc1COc1cc(C)ccc1[C@H](C)N. The lowest BCUT2D eigenvalue weighted by atomic mass is 10.1. The fourth-order valence-corrected chi connectivity index (χ4v) is 2.35. The van der Waals surface area contributed by atoms with Crippen molar-refractivity contribution >= 4 is 11.6 Å². The van der Waals surface area contributed by atoms with Gasteiger partial charge in [0.25, 0.3) is 0 Å². The number of nitrogens with two attached hydrogens (primary N) is 1. The summed E-state index contributed by atoms with van der Waals surface area (Å²) in [6.07, 6.45) is 0. The minimum Gasteiger partial charge on any atom is -0.496 e. The molecule has 0 fully saturated rings. The molecule has 0 saturated heterocycles. The molecular weight excluding hydrogens is 286 g/mol. The van der Waals surface area contributed by atoms with E-state index in [9.17, 15) is 0 Å². The molecule has 0 amide bonds. The normalized spacial score (nSPS) is 12.0. The zero-order chi connectivity index (χ0) is 15.4. The molecular formula is C17H20ClNO2. The van der Waals surface area contributed by atoms with E-state index in [4.69, 9.17) is 26.8 Å². The first-order chi connectivity index (χ1) is 10.0. The highest BCUT2D eigenvalue weighted by molar-refractivity contribution is 6.30. The molecule has 3 nitrogen and oxygen atoms in total. The Morgan fingerprint density at radius 1 is 1.14 bits per heavy atom. The molecule has 2 aromatic rings. The molecule has 0 aromatic heterocycles. The first kappa shape index (κ1) is 15.7. The maximum absolute atomic E-state index is 6.03. The van der Waals surface area contributed by atoms with Gasteiger partial charge in [0, 0.05) is 22.2 Å². The maximum Gasteiger partial charge on any atom is 0.125 e. The summed E-state index contributed by atoms with van der Waals surface area (Å²) >= 11 is 6.03. The number of halogens is 1. The monoisotopic (exact) mass is 305 g/mol. The number of benzene rings is 2. The van der Waals surface area contributed by atoms with Gasteiger partial charge in [-0.3, -0.25) is 0 Å². The molecule has 2 rings (SSSR count). The van der Waals surface area contributed by atoms with Crippen molar-refractivity contribution in [2.75, 3.05) is 7.11 Å². The molecule has 2 aromatic carbocycles. The van der Waals surface area contributed by atoms with E-state index in [1.54, 1.807) is 13.2 Å². The topological polar surface area (TPSA) is 44.5 Å². The van der Waals surface area contributed by atoms with Crippen LogP contribution in [0.15, 0.2) is 36.4 Å². The van der Waals surface area contributed by atoms with Crippen LogP contribution in [0.25, 0.3) is 0 Å². The van der Waals surface area contributed by atoms with Gasteiger partial charge in [-0.1, -0.05) is 23.7 Å². The highest BCUT2D eigenvalue weighted by atomic mass is 35.5. The van der Waals surface area contributed by atoms with Crippen molar-refractivity contribution in [2.45, 2.75) is 26.5 Å². The Morgan fingerprint density at radius 3 is 2.57 bits per heavy atom. The summed E-state index contributed by atoms with van der Waals surface area (Å²) in [6, 6.07) is 11.4. The first-order valence-corrected chi connectivity index (χ1v) is 7.20. The summed E-state index contributed by atoms with van der Waals surface area (Å²) in [7, 11) is 1.63. The summed E-state index contributed by atoms with van der Waals surface area (Å²) in [5.41, 5.74) is 9.01. The molecule has 21 heavy (non-hydrogen) atoms. The molecule has 0 aliphatic rings. The Balaban J connectivity index is 2.24. The second kappa shape index (κ2) is 6.83. The van der Waals surface area contributed by atoms with Crippen LogP contribution in [0, 0.1) is 6.92 Å². The smallest absolute Gasteiger partial charge is 0.125 e. The molecule has 0 unspecified atom stereocenters. The molecule has 2 N–H and O–H groups in total. The molecule has 0 radical (unpaired) electrons. The quantitative estimate of drug-likeness (QED) is 0.898. The minimum absolute atomic E-state index is 0.0816. The third-order valence-corrected chi connectivity index (χ3v) is 3.52. The Bertz CT molecular complexity index is 626. The average Bonchev–Trinajstić information content (AvgIpc) is 2.45. The number of rotatable bonds is 5. The van der Waals surface area contributed by atoms with Crippen LogP contribution in [0.1, 0.15) is 29.7 Å². The largest absolute Gasteiger partial charge is 0.496 e. The third kappa shape index (κ3) is 3.90. The predicted molar refractivity (Wildman–Crippen MR) is 86.1 cm³/mol. The third-order valence-electron chi connectivity index (χ3n) is 3.29. The van der Waals surface area contributed by atoms with Gasteiger partial charge in [-0.2, -0.15) is 0 Å². The molecule has 0 saturated carbocycles. The summed E-state index contributed by atoms with van der Waals surface area (Å²) < 4.78 is 11.3. The van der Waals surface area contributed by atoms with Crippen LogP contribution in [0.3, 0.4) is 0 Å². The lowest BCUT2D eigenvalue weighted by molar-refractivity contribution is 0.292. The van der Waals surface area contributed by atoms with Gasteiger partial charge in [0.05, 0.1) is 7.11 Å². The van der Waals surface area contributed by atoms with Crippen LogP contribution < -0.4 is 15.2 Å². The maximum atomic E-state index is 6.03. The Kier molecular flexibility index (Phi) is 5.10. The van der Waals surface area contributed by atoms with Gasteiger partial charge >= 0.3 is 0 Å². The summed E-state index contributed by atoms with van der Waals surface area (Å²) in [4.78, 5) is 0. The Labute approximate surface area is 130 Å². The highest BCUT2D eigenvalue weighted by Gasteiger charge is 2.10. The number of hydrogen-bond acceptors (Lipinski definition) is 3. The Hall–Kier alpha value is -1.71. The van der Waals surface area contributed by atoms with Crippen LogP contribution in [-0.2, 0) is 6.61 Å². The molecule has 0 heterocycles. The summed E-state index contributed by atoms with van der Waals surface area (Å²) in [5, 5.41) is 0.658. The summed E-state index contributed by atoms with van der Waals surface area (Å²) in [5.74, 6) is 1.56. The van der Waals surface area contributed by atoms with E-state index >= 15 is 0 Å². The van der Waals surface area contributed by atoms with Gasteiger partial charge in [0.1, 0.15) is 18.1 Å². The first-order valence-electron chi connectivity index (χ1n) is 6.82. The van der Waals surface area contributed by atoms with Crippen molar-refractivity contribution < 1.29 is 9.47 Å². The van der Waals surface area contributed by atoms with E-state index in [1.807, 2.05) is 44.2 Å². The van der Waals surface area contributed by atoms with Crippen LogP contribution in [-0.4, -0.2) is 7.11 Å². The van der Waals surface area contributed by atoms with Gasteiger partial charge in [-0.25, -0.2) is 0 Å². The molecule has 4 heteroatoms. The minimum atomic E-state index is -0.0816. The van der Waals surface area contributed by atoms with Crippen molar-refractivity contribution in [1.29, 1.82) is 0 Å². The number of hydrogen-bond donors (Lipinski definition) is 1. The van der Waals surface area contributed by atoms with Gasteiger partial charge in [-0.05, 0) is 43.7 Å². The predicted octanol–water partition coefficient (Wildman–Crippen LogP) is 4.26. The zero-order valence-electron chi connectivity index (χ0n) is 12.5. The zero-order valence-corrected chi connectivity index (χ0v) is 13.3. The van der Waals surface area contributed by atoms with Crippen LogP contribution in [0.5, 0.6) is 11.5 Å². The fraction of sp³-hybridized carbons (Fsp3) is 0.294. The second-order valence-corrected chi connectivity index (χ2v) is 5.51. The lowest BCUT2D eigenvalue weighted by Crippen LogP contribution is -2.08. The van der Waals surface area contributed by atoms with Crippen molar-refractivity contribution in [3.63, 3.8) is 0 Å². The van der Waals surface area contributed by atoms with E-state index in [2.05, 4.69) is 0 Å². The van der Waals surface area contributed by atoms with Crippen molar-refractivity contribution in [2.24, 2.45) is 5.73 Å². The standard InChI is InChI=1S/C17H20ClNO2/c1-11-4-6-15(12(2)19)17(8-11)21-10-13-9-14(18)5-7-16(13)20-3/h4-9,12H,10,19H2,1-3H3/t12-/m0/s1. The molecule has 0 spiro atoms. The van der Waals surface area contributed by atoms with E-state index in [0.29, 0.717) is 11.6 Å². The molecule has 0 aliphatic carbocycles. The fourth-order valence-electron chi connectivity index (χ4n) is 2.16. The van der Waals surface area contributed by atoms with Gasteiger partial charge in [-0.15, -0.1) is 0 Å². The number of aryl methyl sites for hydroxylation is 1. The molecule has 0 aliphatic heterocycles. The van der Waals surface area contributed by atoms with E-state index in [1.165, 1.54) is 0 Å².